The van der Waals surface area contributed by atoms with E-state index >= 15 is 0 Å². The molecular weight excluding hydrogens is 234 g/mol. The molecule has 0 radical (unpaired) electrons. The highest BCUT2D eigenvalue weighted by molar-refractivity contribution is 7.12. The normalized spacial score (nSPS) is 30.8. The highest BCUT2D eigenvalue weighted by Gasteiger charge is 2.46. The van der Waals surface area contributed by atoms with Gasteiger partial charge in [0.05, 0.1) is 10.5 Å². The summed E-state index contributed by atoms with van der Waals surface area (Å²) in [6, 6.07) is 6.66. The van der Waals surface area contributed by atoms with Gasteiger partial charge in [0, 0.05) is 24.7 Å². The molecule has 3 rings (SSSR count). The maximum absolute atomic E-state index is 12.0. The molecule has 4 nitrogen and oxygen atoms in total. The van der Waals surface area contributed by atoms with E-state index in [1.54, 1.807) is 12.1 Å². The number of rotatable bonds is 4. The third kappa shape index (κ3) is 2.15. The highest BCUT2D eigenvalue weighted by atomic mass is 32.1. The van der Waals surface area contributed by atoms with E-state index in [1.165, 1.54) is 11.3 Å². The zero-order valence-electron chi connectivity index (χ0n) is 9.01. The Morgan fingerprint density at radius 1 is 1.65 bits per heavy atom. The molecule has 0 bridgehead atoms. The highest BCUT2D eigenvalue weighted by Crippen LogP contribution is 2.24. The van der Waals surface area contributed by atoms with E-state index in [0.717, 1.165) is 6.54 Å². The molecule has 1 aromatic heterocycles. The van der Waals surface area contributed by atoms with E-state index in [4.69, 9.17) is 5.26 Å². The number of hydrogen-bond donors (Lipinski definition) is 2. The number of Topliss-reactive ketones (excluding diaryl/α,β-unsaturated/α-hetero) is 1. The van der Waals surface area contributed by atoms with Crippen LogP contribution in [0.1, 0.15) is 9.67 Å². The van der Waals surface area contributed by atoms with Crippen molar-refractivity contribution < 1.29 is 4.79 Å². The zero-order chi connectivity index (χ0) is 11.8. The van der Waals surface area contributed by atoms with E-state index in [1.807, 2.05) is 17.5 Å². The first-order valence-electron chi connectivity index (χ1n) is 5.49. The van der Waals surface area contributed by atoms with E-state index in [2.05, 4.69) is 10.6 Å². The van der Waals surface area contributed by atoms with E-state index in [0.29, 0.717) is 17.0 Å². The van der Waals surface area contributed by atoms with Gasteiger partial charge in [0.15, 0.2) is 0 Å². The second-order valence-electron chi connectivity index (χ2n) is 4.23. The summed E-state index contributed by atoms with van der Waals surface area (Å²) < 4.78 is 0. The molecule has 1 aromatic rings. The smallest absolute Gasteiger partial charge is 0.213 e. The summed E-state index contributed by atoms with van der Waals surface area (Å²) in [6.45, 7) is 1.03. The van der Waals surface area contributed by atoms with Gasteiger partial charge in [0.1, 0.15) is 6.07 Å². The molecule has 0 aromatic carbocycles. The Morgan fingerprint density at radius 3 is 3.06 bits per heavy atom. The number of nitriles is 1. The van der Waals surface area contributed by atoms with Crippen molar-refractivity contribution in [3.05, 3.63) is 34.0 Å². The Morgan fingerprint density at radius 2 is 2.47 bits per heavy atom. The first-order valence-corrected chi connectivity index (χ1v) is 6.37. The van der Waals surface area contributed by atoms with Crippen molar-refractivity contribution in [2.45, 2.75) is 18.1 Å². The zero-order valence-corrected chi connectivity index (χ0v) is 9.83. The minimum atomic E-state index is -0.168. The van der Waals surface area contributed by atoms with E-state index in [-0.39, 0.29) is 17.4 Å². The molecule has 2 aliphatic heterocycles. The van der Waals surface area contributed by atoms with Gasteiger partial charge in [-0.25, -0.2) is 0 Å². The van der Waals surface area contributed by atoms with Gasteiger partial charge >= 0.3 is 0 Å². The van der Waals surface area contributed by atoms with E-state index in [9.17, 15) is 4.79 Å². The number of nitrogens with zero attached hydrogens (tertiary/aromatic N) is 1. The predicted molar refractivity (Wildman–Crippen MR) is 64.8 cm³/mol. The van der Waals surface area contributed by atoms with Gasteiger partial charge in [-0.15, -0.1) is 11.3 Å². The van der Waals surface area contributed by atoms with Gasteiger partial charge in [-0.2, -0.15) is 5.26 Å². The van der Waals surface area contributed by atoms with Crippen LogP contribution in [0.2, 0.25) is 0 Å². The molecule has 0 aliphatic carbocycles. The summed E-state index contributed by atoms with van der Waals surface area (Å²) >= 11 is 1.37. The van der Waals surface area contributed by atoms with Crippen LogP contribution < -0.4 is 10.6 Å². The molecule has 3 heterocycles. The largest absolute Gasteiger partial charge is 0.310 e. The number of carbonyl (C=O) groups is 1. The van der Waals surface area contributed by atoms with Crippen molar-refractivity contribution in [3.63, 3.8) is 0 Å². The lowest BCUT2D eigenvalue weighted by Gasteiger charge is -1.94. The summed E-state index contributed by atoms with van der Waals surface area (Å²) in [5.74, 6) is -0.168. The first kappa shape index (κ1) is 10.7. The summed E-state index contributed by atoms with van der Waals surface area (Å²) in [5, 5.41) is 17.3. The Kier molecular flexibility index (Phi) is 2.56. The number of ketones is 1. The minimum Gasteiger partial charge on any atom is -0.310 e. The Balaban J connectivity index is 1.73. The lowest BCUT2D eigenvalue weighted by Crippen LogP contribution is -2.06. The fourth-order valence-electron chi connectivity index (χ4n) is 1.89. The van der Waals surface area contributed by atoms with E-state index < -0.39 is 0 Å². The van der Waals surface area contributed by atoms with Crippen LogP contribution in [0.4, 0.5) is 0 Å². The van der Waals surface area contributed by atoms with Crippen LogP contribution in [-0.2, 0) is 0 Å². The summed E-state index contributed by atoms with van der Waals surface area (Å²) in [4.78, 5) is 12.6. The van der Waals surface area contributed by atoms with Gasteiger partial charge in [-0.1, -0.05) is 6.07 Å². The average molecular weight is 245 g/mol. The van der Waals surface area contributed by atoms with Crippen LogP contribution in [0, 0.1) is 11.3 Å². The molecule has 3 unspecified atom stereocenters. The van der Waals surface area contributed by atoms with Gasteiger partial charge < -0.3 is 10.6 Å². The van der Waals surface area contributed by atoms with Gasteiger partial charge in [-0.3, -0.25) is 4.79 Å². The standard InChI is InChI=1S/C12H11N3OS/c13-5-7(12(16)10-2-1-3-17-10)4-8-11(15-8)9-6-14-9/h1-4,8-9,11,14-15H,6H2/b7-4+. The number of thiophene rings is 1. The van der Waals surface area contributed by atoms with Crippen molar-refractivity contribution in [3.8, 4) is 6.07 Å². The number of carbonyl (C=O) groups excluding carboxylic acids is 1. The number of hydrogen-bond acceptors (Lipinski definition) is 5. The second kappa shape index (κ2) is 4.08. The fraction of sp³-hybridized carbons (Fsp3) is 0.333. The summed E-state index contributed by atoms with van der Waals surface area (Å²) in [5.41, 5.74) is 0.244. The molecule has 5 heteroatoms. The Hall–Kier alpha value is -1.48. The van der Waals surface area contributed by atoms with Gasteiger partial charge in [-0.05, 0) is 17.5 Å². The maximum Gasteiger partial charge on any atom is 0.213 e. The van der Waals surface area contributed by atoms with Crippen molar-refractivity contribution in [1.29, 1.82) is 5.26 Å². The minimum absolute atomic E-state index is 0.168. The Bertz CT molecular complexity index is 510. The van der Waals surface area contributed by atoms with Crippen molar-refractivity contribution in [2.75, 3.05) is 6.54 Å². The van der Waals surface area contributed by atoms with Crippen molar-refractivity contribution >= 4 is 17.1 Å². The lowest BCUT2D eigenvalue weighted by atomic mass is 10.1. The van der Waals surface area contributed by atoms with Crippen LogP contribution >= 0.6 is 11.3 Å². The van der Waals surface area contributed by atoms with Crippen molar-refractivity contribution in [2.24, 2.45) is 0 Å². The van der Waals surface area contributed by atoms with Crippen LogP contribution in [0.15, 0.2) is 29.2 Å². The van der Waals surface area contributed by atoms with Gasteiger partial charge in [0.2, 0.25) is 5.78 Å². The lowest BCUT2D eigenvalue weighted by molar-refractivity contribution is 0.104. The molecule has 3 atom stereocenters. The summed E-state index contributed by atoms with van der Waals surface area (Å²) in [6.07, 6.45) is 1.76. The fourth-order valence-corrected chi connectivity index (χ4v) is 2.57. The molecule has 17 heavy (non-hydrogen) atoms. The quantitative estimate of drug-likeness (QED) is 0.354. The first-order chi connectivity index (χ1) is 8.29. The molecule has 2 saturated heterocycles. The molecule has 86 valence electrons. The maximum atomic E-state index is 12.0. The third-order valence-corrected chi connectivity index (χ3v) is 3.86. The molecule has 0 amide bonds. The van der Waals surface area contributed by atoms with Crippen molar-refractivity contribution in [1.82, 2.24) is 10.6 Å². The SMILES string of the molecule is N#C/C(=C\C1NC1C1CN1)C(=O)c1cccs1. The molecule has 2 N–H and O–H groups in total. The molecule has 0 saturated carbocycles. The number of allylic oxidation sites excluding steroid dienone is 1. The number of nitrogens with one attached hydrogen (secondary N) is 2. The van der Waals surface area contributed by atoms with Crippen LogP contribution in [-0.4, -0.2) is 30.5 Å². The van der Waals surface area contributed by atoms with Crippen LogP contribution in [0.3, 0.4) is 0 Å². The second-order valence-corrected chi connectivity index (χ2v) is 5.18. The monoisotopic (exact) mass is 245 g/mol. The molecular formula is C12H11N3OS. The molecule has 2 aliphatic rings. The van der Waals surface area contributed by atoms with Gasteiger partial charge in [0.25, 0.3) is 0 Å². The van der Waals surface area contributed by atoms with Crippen LogP contribution in [0.5, 0.6) is 0 Å². The molecule has 0 spiro atoms. The summed E-state index contributed by atoms with van der Waals surface area (Å²) in [7, 11) is 0. The Labute approximate surface area is 103 Å². The third-order valence-electron chi connectivity index (χ3n) is 2.99. The molecule has 2 fully saturated rings. The average Bonchev–Trinajstić information content (AvgIpc) is 3.23. The topological polar surface area (TPSA) is 84.7 Å². The van der Waals surface area contributed by atoms with Crippen LogP contribution in [0.25, 0.3) is 0 Å². The predicted octanol–water partition coefficient (Wildman–Crippen LogP) is 0.693.